The van der Waals surface area contributed by atoms with Gasteiger partial charge in [-0.15, -0.1) is 0 Å². The van der Waals surface area contributed by atoms with Crippen LogP contribution in [-0.2, 0) is 19.1 Å². The number of oxazole rings is 1. The van der Waals surface area contributed by atoms with Crippen LogP contribution in [0.25, 0.3) is 22.7 Å². The van der Waals surface area contributed by atoms with Gasteiger partial charge in [0.05, 0.1) is 37.4 Å². The molecule has 2 N–H and O–H groups in total. The van der Waals surface area contributed by atoms with Gasteiger partial charge in [0.15, 0.2) is 11.2 Å². The van der Waals surface area contributed by atoms with Crippen LogP contribution in [0.3, 0.4) is 0 Å². The van der Waals surface area contributed by atoms with Crippen LogP contribution >= 0.6 is 0 Å². The number of benzene rings is 2. The molecule has 1 atom stereocenters. The van der Waals surface area contributed by atoms with Crippen molar-refractivity contribution in [2.24, 2.45) is 5.73 Å². The summed E-state index contributed by atoms with van der Waals surface area (Å²) in [5.41, 5.74) is 9.05. The van der Waals surface area contributed by atoms with Crippen LogP contribution in [0.1, 0.15) is 11.5 Å². The molecule has 10 nitrogen and oxygen atoms in total. The fourth-order valence-electron chi connectivity index (χ4n) is 4.43. The second-order valence-electron chi connectivity index (χ2n) is 8.23. The van der Waals surface area contributed by atoms with Gasteiger partial charge < -0.3 is 19.6 Å². The van der Waals surface area contributed by atoms with E-state index in [1.807, 2.05) is 0 Å². The number of ether oxygens (including phenoxy) is 2. The van der Waals surface area contributed by atoms with Crippen LogP contribution in [0.2, 0.25) is 0 Å². The third kappa shape index (κ3) is 4.02. The van der Waals surface area contributed by atoms with Gasteiger partial charge in [0.1, 0.15) is 11.5 Å². The first-order valence-electron chi connectivity index (χ1n) is 11.5. The van der Waals surface area contributed by atoms with Gasteiger partial charge >= 0.3 is 11.9 Å². The molecule has 1 aliphatic heterocycles. The smallest absolute Gasteiger partial charge is 0.355 e. The Morgan fingerprint density at radius 1 is 1.00 bits per heavy atom. The van der Waals surface area contributed by atoms with E-state index in [0.29, 0.717) is 33.9 Å². The minimum absolute atomic E-state index is 0.0202. The zero-order valence-electron chi connectivity index (χ0n) is 20.4. The lowest BCUT2D eigenvalue weighted by Crippen LogP contribution is -2.40. The van der Waals surface area contributed by atoms with Crippen LogP contribution in [0.15, 0.2) is 100 Å². The molecule has 0 fully saturated rings. The molecule has 0 spiro atoms. The molecule has 3 heterocycles. The topological polar surface area (TPSA) is 145 Å². The van der Waals surface area contributed by atoms with E-state index in [1.165, 1.54) is 19.1 Å². The van der Waals surface area contributed by atoms with Crippen LogP contribution in [0.4, 0.5) is 5.69 Å². The highest BCUT2D eigenvalue weighted by Gasteiger charge is 2.42. The highest BCUT2D eigenvalue weighted by molar-refractivity contribution is 6.06. The van der Waals surface area contributed by atoms with Crippen molar-refractivity contribution >= 4 is 28.9 Å². The summed E-state index contributed by atoms with van der Waals surface area (Å²) in [6.07, 6.45) is 1.62. The van der Waals surface area contributed by atoms with E-state index >= 15 is 0 Å². The van der Waals surface area contributed by atoms with E-state index in [-0.39, 0.29) is 22.7 Å². The molecule has 0 aliphatic carbocycles. The number of carbonyl (C=O) groups excluding carboxylic acids is 2. The molecule has 4 aromatic rings. The van der Waals surface area contributed by atoms with Gasteiger partial charge in [-0.3, -0.25) is 4.90 Å². The number of pyridine rings is 1. The van der Waals surface area contributed by atoms with Crippen molar-refractivity contribution in [2.75, 3.05) is 19.1 Å². The number of nitrogens with zero attached hydrogens (tertiary/aromatic N) is 4. The molecule has 0 radical (unpaired) electrons. The van der Waals surface area contributed by atoms with E-state index in [2.05, 4.69) is 16.0 Å². The number of hydrogen-bond donors (Lipinski definition) is 1. The summed E-state index contributed by atoms with van der Waals surface area (Å²) in [4.78, 5) is 36.2. The average molecular weight is 508 g/mol. The van der Waals surface area contributed by atoms with Gasteiger partial charge in [0.25, 0.3) is 0 Å². The lowest BCUT2D eigenvalue weighted by molar-refractivity contribution is -0.139. The third-order valence-electron chi connectivity index (χ3n) is 6.15. The zero-order valence-corrected chi connectivity index (χ0v) is 20.4. The van der Waals surface area contributed by atoms with Crippen LogP contribution in [-0.4, -0.2) is 36.1 Å². The largest absolute Gasteiger partial charge is 0.466 e. The van der Waals surface area contributed by atoms with E-state index in [4.69, 9.17) is 19.6 Å². The lowest BCUT2D eigenvalue weighted by atomic mass is 9.81. The maximum Gasteiger partial charge on any atom is 0.355 e. The Morgan fingerprint density at radius 3 is 2.34 bits per heavy atom. The van der Waals surface area contributed by atoms with Gasteiger partial charge in [0.2, 0.25) is 5.89 Å². The summed E-state index contributed by atoms with van der Waals surface area (Å²) in [6.45, 7) is 0. The Kier molecular flexibility index (Phi) is 6.33. The van der Waals surface area contributed by atoms with E-state index in [1.54, 1.807) is 72.9 Å². The maximum atomic E-state index is 13.2. The molecule has 1 aliphatic rings. The Hall–Kier alpha value is -5.43. The van der Waals surface area contributed by atoms with Gasteiger partial charge in [-0.2, -0.15) is 10.2 Å². The predicted molar refractivity (Wildman–Crippen MR) is 137 cm³/mol. The normalized spacial score (nSPS) is 15.4. The number of anilines is 1. The minimum Gasteiger partial charge on any atom is -0.466 e. The molecule has 0 saturated heterocycles. The van der Waals surface area contributed by atoms with E-state index < -0.39 is 17.9 Å². The number of nitriles is 1. The monoisotopic (exact) mass is 507 g/mol. The SMILES string of the molecule is COC(=O)C1=C(C(=O)OC)N(c2ccc(-c3nc4ncccc4o3)cc2)C(N)=C(C#N)C1c1ccccc1. The second kappa shape index (κ2) is 9.91. The first kappa shape index (κ1) is 24.3. The molecule has 2 aromatic heterocycles. The molecule has 0 saturated carbocycles. The van der Waals surface area contributed by atoms with Crippen molar-refractivity contribution in [1.82, 2.24) is 9.97 Å². The maximum absolute atomic E-state index is 13.2. The zero-order chi connectivity index (χ0) is 26.8. The van der Waals surface area contributed by atoms with Crippen molar-refractivity contribution in [3.63, 3.8) is 0 Å². The summed E-state index contributed by atoms with van der Waals surface area (Å²) in [6, 6.07) is 21.2. The first-order chi connectivity index (χ1) is 18.5. The minimum atomic E-state index is -0.939. The fourth-order valence-corrected chi connectivity index (χ4v) is 4.43. The Labute approximate surface area is 217 Å². The summed E-state index contributed by atoms with van der Waals surface area (Å²) >= 11 is 0. The molecular weight excluding hydrogens is 486 g/mol. The Balaban J connectivity index is 1.68. The van der Waals surface area contributed by atoms with Crippen LogP contribution in [0, 0.1) is 11.3 Å². The molecule has 5 rings (SSSR count). The Bertz CT molecular complexity index is 1620. The second-order valence-corrected chi connectivity index (χ2v) is 8.23. The van der Waals surface area contributed by atoms with Gasteiger partial charge in [-0.1, -0.05) is 30.3 Å². The number of methoxy groups -OCH3 is 2. The number of aromatic nitrogens is 2. The number of nitrogens with two attached hydrogens (primary N) is 1. The van der Waals surface area contributed by atoms with Crippen molar-refractivity contribution in [1.29, 1.82) is 5.26 Å². The van der Waals surface area contributed by atoms with Gasteiger partial charge in [-0.25, -0.2) is 14.6 Å². The summed E-state index contributed by atoms with van der Waals surface area (Å²) in [7, 11) is 2.40. The molecule has 0 bridgehead atoms. The summed E-state index contributed by atoms with van der Waals surface area (Å²) < 4.78 is 15.9. The highest BCUT2D eigenvalue weighted by atomic mass is 16.5. The van der Waals surface area contributed by atoms with E-state index in [9.17, 15) is 14.9 Å². The molecule has 0 amide bonds. The fraction of sp³-hybridized carbons (Fsp3) is 0.107. The number of allylic oxidation sites excluding steroid dienone is 1. The van der Waals surface area contributed by atoms with Crippen molar-refractivity contribution in [2.45, 2.75) is 5.92 Å². The standard InChI is InChI=1S/C28H21N5O5/c1-36-27(34)22-21(16-7-4-3-5-8-16)19(15-29)24(30)33(23(22)28(35)37-2)18-12-10-17(11-13-18)26-32-25-20(38-26)9-6-14-31-25/h3-14,21H,30H2,1-2H3. The molecule has 2 aromatic carbocycles. The number of hydrogen-bond acceptors (Lipinski definition) is 10. The van der Waals surface area contributed by atoms with Gasteiger partial charge in [0, 0.05) is 17.4 Å². The highest BCUT2D eigenvalue weighted by Crippen LogP contribution is 2.43. The van der Waals surface area contributed by atoms with Gasteiger partial charge in [-0.05, 0) is 42.0 Å². The molecule has 10 heteroatoms. The molecule has 1 unspecified atom stereocenters. The lowest BCUT2D eigenvalue weighted by Gasteiger charge is -2.35. The van der Waals surface area contributed by atoms with Crippen molar-refractivity contribution < 1.29 is 23.5 Å². The molecule has 188 valence electrons. The summed E-state index contributed by atoms with van der Waals surface area (Å²) in [5.74, 6) is -2.22. The molecular formula is C28H21N5O5. The quantitative estimate of drug-likeness (QED) is 0.396. The third-order valence-corrected chi connectivity index (χ3v) is 6.15. The van der Waals surface area contributed by atoms with Crippen molar-refractivity contribution in [3.05, 3.63) is 101 Å². The van der Waals surface area contributed by atoms with Crippen LogP contribution < -0.4 is 10.6 Å². The number of esters is 2. The van der Waals surface area contributed by atoms with E-state index in [0.717, 1.165) is 0 Å². The van der Waals surface area contributed by atoms with Crippen molar-refractivity contribution in [3.8, 4) is 17.5 Å². The predicted octanol–water partition coefficient (Wildman–Crippen LogP) is 3.79. The number of carbonyl (C=O) groups is 2. The number of rotatable bonds is 5. The average Bonchev–Trinajstić information content (AvgIpc) is 3.40. The molecule has 38 heavy (non-hydrogen) atoms. The number of fused-ring (bicyclic) bond motifs is 1. The summed E-state index contributed by atoms with van der Waals surface area (Å²) in [5, 5.41) is 10.1. The van der Waals surface area contributed by atoms with Crippen LogP contribution in [0.5, 0.6) is 0 Å². The Morgan fingerprint density at radius 2 is 1.71 bits per heavy atom. The first-order valence-corrected chi connectivity index (χ1v) is 11.5.